The molecule has 0 fully saturated rings. The number of anilines is 3. The van der Waals surface area contributed by atoms with Gasteiger partial charge in [0.05, 0.1) is 10.4 Å². The van der Waals surface area contributed by atoms with Gasteiger partial charge < -0.3 is 9.32 Å². The van der Waals surface area contributed by atoms with E-state index in [1.165, 1.54) is 57.2 Å². The van der Waals surface area contributed by atoms with Crippen molar-refractivity contribution in [1.82, 2.24) is 0 Å². The van der Waals surface area contributed by atoms with E-state index in [0.29, 0.717) is 0 Å². The molecule has 0 saturated heterocycles. The molecular formula is C42H25NOS2. The first-order chi connectivity index (χ1) is 22.8. The number of furan rings is 1. The Labute approximate surface area is 273 Å². The summed E-state index contributed by atoms with van der Waals surface area (Å²) in [5, 5.41) is 7.40. The second-order valence-corrected chi connectivity index (χ2v) is 13.8. The number of hydrogen-bond acceptors (Lipinski definition) is 4. The molecule has 0 amide bonds. The van der Waals surface area contributed by atoms with Crippen LogP contribution in [0.2, 0.25) is 0 Å². The zero-order chi connectivity index (χ0) is 30.2. The van der Waals surface area contributed by atoms with Crippen LogP contribution in [0.15, 0.2) is 156 Å². The number of thiophene rings is 2. The van der Waals surface area contributed by atoms with Gasteiger partial charge in [0.25, 0.3) is 0 Å². The van der Waals surface area contributed by atoms with Crippen LogP contribution in [0, 0.1) is 0 Å². The third-order valence-electron chi connectivity index (χ3n) is 9.07. The molecule has 0 spiro atoms. The molecule has 10 rings (SSSR count). The van der Waals surface area contributed by atoms with Gasteiger partial charge in [0, 0.05) is 57.8 Å². The van der Waals surface area contributed by atoms with Crippen molar-refractivity contribution in [1.29, 1.82) is 0 Å². The van der Waals surface area contributed by atoms with E-state index in [1.807, 2.05) is 34.8 Å². The topological polar surface area (TPSA) is 16.4 Å². The van der Waals surface area contributed by atoms with Gasteiger partial charge in [0.15, 0.2) is 0 Å². The Balaban J connectivity index is 1.27. The lowest BCUT2D eigenvalue weighted by Gasteiger charge is -2.26. The average Bonchev–Trinajstić information content (AvgIpc) is 3.80. The predicted octanol–water partition coefficient (Wildman–Crippen LogP) is 13.5. The van der Waals surface area contributed by atoms with Gasteiger partial charge in [0.1, 0.15) is 11.2 Å². The smallest absolute Gasteiger partial charge is 0.135 e. The SMILES string of the molecule is c1ccc(-c2cccc3c2sc2c(N(c4ccc5oc6ccccc6c5c4)c4ccc5sc6ccccc6c5c4)cccc23)cc1. The van der Waals surface area contributed by atoms with Gasteiger partial charge in [-0.25, -0.2) is 0 Å². The number of rotatable bonds is 4. The molecule has 7 aromatic carbocycles. The molecule has 0 bridgehead atoms. The standard InChI is InChI=1S/C42H25NOS2/c1-2-10-26(11-3-1)29-14-8-15-32-33-16-9-17-36(42(33)46-41(29)32)43(27-20-22-38-34(24-27)30-12-4-6-18-37(30)44-38)28-21-23-40-35(25-28)31-13-5-7-19-39(31)45-40/h1-25H. The van der Waals surface area contributed by atoms with Crippen molar-refractivity contribution < 1.29 is 4.42 Å². The summed E-state index contributed by atoms with van der Waals surface area (Å²) < 4.78 is 11.4. The molecule has 46 heavy (non-hydrogen) atoms. The van der Waals surface area contributed by atoms with Crippen molar-refractivity contribution in [2.45, 2.75) is 0 Å². The summed E-state index contributed by atoms with van der Waals surface area (Å²) in [7, 11) is 0. The third kappa shape index (κ3) is 3.87. The molecule has 0 aliphatic carbocycles. The number of hydrogen-bond donors (Lipinski definition) is 0. The van der Waals surface area contributed by atoms with Gasteiger partial charge >= 0.3 is 0 Å². The molecule has 0 aliphatic rings. The molecule has 0 saturated carbocycles. The summed E-state index contributed by atoms with van der Waals surface area (Å²) >= 11 is 3.74. The van der Waals surface area contributed by atoms with E-state index in [1.54, 1.807) is 0 Å². The van der Waals surface area contributed by atoms with Crippen molar-refractivity contribution in [2.75, 3.05) is 4.90 Å². The molecule has 0 aliphatic heterocycles. The maximum atomic E-state index is 6.24. The first-order valence-electron chi connectivity index (χ1n) is 15.4. The molecule has 0 N–H and O–H groups in total. The van der Waals surface area contributed by atoms with Crippen molar-refractivity contribution in [3.8, 4) is 11.1 Å². The lowest BCUT2D eigenvalue weighted by atomic mass is 10.0. The molecule has 10 aromatic rings. The second-order valence-electron chi connectivity index (χ2n) is 11.7. The largest absolute Gasteiger partial charge is 0.456 e. The number of benzene rings is 7. The summed E-state index contributed by atoms with van der Waals surface area (Å²) in [6.45, 7) is 0. The van der Waals surface area contributed by atoms with Crippen molar-refractivity contribution in [3.63, 3.8) is 0 Å². The quantitative estimate of drug-likeness (QED) is 0.194. The number of nitrogens with zero attached hydrogens (tertiary/aromatic N) is 1. The van der Waals surface area contributed by atoms with E-state index in [-0.39, 0.29) is 0 Å². The maximum absolute atomic E-state index is 6.24. The van der Waals surface area contributed by atoms with Crippen LogP contribution in [-0.2, 0) is 0 Å². The lowest BCUT2D eigenvalue weighted by molar-refractivity contribution is 0.669. The van der Waals surface area contributed by atoms with E-state index in [0.717, 1.165) is 33.3 Å². The molecule has 216 valence electrons. The van der Waals surface area contributed by atoms with Crippen molar-refractivity contribution in [2.24, 2.45) is 0 Å². The highest BCUT2D eigenvalue weighted by molar-refractivity contribution is 7.27. The third-order valence-corrected chi connectivity index (χ3v) is 11.5. The highest BCUT2D eigenvalue weighted by Gasteiger charge is 2.21. The van der Waals surface area contributed by atoms with Crippen LogP contribution in [0.3, 0.4) is 0 Å². The minimum Gasteiger partial charge on any atom is -0.456 e. The normalized spacial score (nSPS) is 11.9. The number of fused-ring (bicyclic) bond motifs is 9. The van der Waals surface area contributed by atoms with E-state index in [2.05, 4.69) is 144 Å². The Morgan fingerprint density at radius 1 is 0.413 bits per heavy atom. The van der Waals surface area contributed by atoms with Crippen LogP contribution in [0.1, 0.15) is 0 Å². The fourth-order valence-electron chi connectivity index (χ4n) is 6.96. The van der Waals surface area contributed by atoms with Gasteiger partial charge in [0.2, 0.25) is 0 Å². The first kappa shape index (κ1) is 25.9. The highest BCUT2D eigenvalue weighted by atomic mass is 32.1. The monoisotopic (exact) mass is 623 g/mol. The van der Waals surface area contributed by atoms with Crippen LogP contribution in [-0.4, -0.2) is 0 Å². The zero-order valence-corrected chi connectivity index (χ0v) is 26.2. The summed E-state index contributed by atoms with van der Waals surface area (Å²) in [6, 6.07) is 54.8. The van der Waals surface area contributed by atoms with E-state index < -0.39 is 0 Å². The van der Waals surface area contributed by atoms with Crippen LogP contribution >= 0.6 is 22.7 Å². The Hall–Kier alpha value is -5.42. The summed E-state index contributed by atoms with van der Waals surface area (Å²) in [6.07, 6.45) is 0. The van der Waals surface area contributed by atoms with Crippen LogP contribution < -0.4 is 4.90 Å². The summed E-state index contributed by atoms with van der Waals surface area (Å²) in [5.41, 5.74) is 7.73. The second kappa shape index (κ2) is 10.0. The summed E-state index contributed by atoms with van der Waals surface area (Å²) in [4.78, 5) is 2.44. The van der Waals surface area contributed by atoms with E-state index in [9.17, 15) is 0 Å². The Morgan fingerprint density at radius 3 is 1.96 bits per heavy atom. The fourth-order valence-corrected chi connectivity index (χ4v) is 9.39. The van der Waals surface area contributed by atoms with E-state index in [4.69, 9.17) is 4.42 Å². The van der Waals surface area contributed by atoms with E-state index >= 15 is 0 Å². The molecule has 3 aromatic heterocycles. The molecular weight excluding hydrogens is 599 g/mol. The average molecular weight is 624 g/mol. The molecule has 0 unspecified atom stereocenters. The molecule has 4 heteroatoms. The van der Waals surface area contributed by atoms with Crippen LogP contribution in [0.5, 0.6) is 0 Å². The highest BCUT2D eigenvalue weighted by Crippen LogP contribution is 2.48. The van der Waals surface area contributed by atoms with Crippen LogP contribution in [0.25, 0.3) is 73.4 Å². The molecule has 0 radical (unpaired) electrons. The van der Waals surface area contributed by atoms with Gasteiger partial charge in [-0.15, -0.1) is 22.7 Å². The van der Waals surface area contributed by atoms with Gasteiger partial charge in [-0.3, -0.25) is 0 Å². The Morgan fingerprint density at radius 2 is 1.07 bits per heavy atom. The van der Waals surface area contributed by atoms with Crippen molar-refractivity contribution in [3.05, 3.63) is 152 Å². The first-order valence-corrected chi connectivity index (χ1v) is 17.1. The zero-order valence-electron chi connectivity index (χ0n) is 24.6. The predicted molar refractivity (Wildman–Crippen MR) is 200 cm³/mol. The number of para-hydroxylation sites is 1. The molecule has 3 heterocycles. The minimum atomic E-state index is 0.900. The van der Waals surface area contributed by atoms with Gasteiger partial charge in [-0.2, -0.15) is 0 Å². The van der Waals surface area contributed by atoms with Crippen molar-refractivity contribution >= 4 is 102 Å². The molecule has 0 atom stereocenters. The Bertz CT molecular complexity index is 2650. The summed E-state index contributed by atoms with van der Waals surface area (Å²) in [5.74, 6) is 0. The maximum Gasteiger partial charge on any atom is 0.135 e. The van der Waals surface area contributed by atoms with Gasteiger partial charge in [-0.1, -0.05) is 97.1 Å². The van der Waals surface area contributed by atoms with Gasteiger partial charge in [-0.05, 0) is 65.7 Å². The lowest BCUT2D eigenvalue weighted by Crippen LogP contribution is -2.10. The Kier molecular flexibility index (Phi) is 5.65. The fraction of sp³-hybridized carbons (Fsp3) is 0. The molecule has 2 nitrogen and oxygen atoms in total. The minimum absolute atomic E-state index is 0.900. The van der Waals surface area contributed by atoms with Crippen LogP contribution in [0.4, 0.5) is 17.1 Å².